The molecule has 1 aliphatic heterocycles. The summed E-state index contributed by atoms with van der Waals surface area (Å²) in [6.45, 7) is 1.69. The number of nitrogens with zero attached hydrogens (tertiary/aromatic N) is 2. The maximum atomic E-state index is 5.42. The molecule has 11 heavy (non-hydrogen) atoms. The zero-order chi connectivity index (χ0) is 7.26. The van der Waals surface area contributed by atoms with E-state index >= 15 is 0 Å². The van der Waals surface area contributed by atoms with E-state index in [2.05, 4.69) is 14.1 Å². The molecule has 5 heteroatoms. The van der Waals surface area contributed by atoms with Crippen molar-refractivity contribution in [3.8, 4) is 0 Å². The molecule has 0 saturated heterocycles. The fraction of sp³-hybridized carbons (Fsp3) is 0.333. The predicted octanol–water partition coefficient (Wildman–Crippen LogP) is 0.887. The van der Waals surface area contributed by atoms with Crippen LogP contribution in [0.2, 0.25) is 0 Å². The Hall–Kier alpha value is -0.940. The number of nitrogens with one attached hydrogen (secondary N) is 1. The maximum Gasteiger partial charge on any atom is 0.259 e. The Morgan fingerprint density at radius 1 is 1.36 bits per heavy atom. The molecule has 0 aliphatic carbocycles. The largest absolute Gasteiger partial charge is 0.439 e. The molecule has 4 nitrogen and oxygen atoms in total. The van der Waals surface area contributed by atoms with Crippen molar-refractivity contribution in [1.29, 1.82) is 0 Å². The van der Waals surface area contributed by atoms with Crippen LogP contribution in [0.5, 0.6) is 0 Å². The van der Waals surface area contributed by atoms with Gasteiger partial charge in [-0.25, -0.2) is 0 Å². The molecule has 0 saturated carbocycles. The Balaban J connectivity index is 2.46. The second-order valence-corrected chi connectivity index (χ2v) is 3.05. The van der Waals surface area contributed by atoms with Crippen LogP contribution >= 0.6 is 11.7 Å². The summed E-state index contributed by atoms with van der Waals surface area (Å²) in [6.07, 6.45) is 0. The molecule has 3 rings (SSSR count). The fourth-order valence-electron chi connectivity index (χ4n) is 1.37. The second kappa shape index (κ2) is 1.80. The zero-order valence-electron chi connectivity index (χ0n) is 5.63. The van der Waals surface area contributed by atoms with Gasteiger partial charge in [0, 0.05) is 12.1 Å². The monoisotopic (exact) mass is 167 g/mol. The van der Waals surface area contributed by atoms with Gasteiger partial charge < -0.3 is 9.73 Å². The molecule has 2 aromatic heterocycles. The number of fused-ring (bicyclic) bond motifs is 3. The summed E-state index contributed by atoms with van der Waals surface area (Å²) in [4.78, 5) is 0. The Labute approximate surface area is 66.5 Å². The van der Waals surface area contributed by atoms with Crippen molar-refractivity contribution in [2.24, 2.45) is 0 Å². The van der Waals surface area contributed by atoms with E-state index in [1.54, 1.807) is 0 Å². The van der Waals surface area contributed by atoms with Gasteiger partial charge in [-0.15, -0.1) is 4.37 Å². The van der Waals surface area contributed by atoms with Gasteiger partial charge in [-0.1, -0.05) is 0 Å². The molecule has 1 N–H and O–H groups in total. The van der Waals surface area contributed by atoms with Gasteiger partial charge in [0.15, 0.2) is 0 Å². The topological polar surface area (TPSA) is 51.0 Å². The Morgan fingerprint density at radius 3 is 3.36 bits per heavy atom. The van der Waals surface area contributed by atoms with E-state index in [-0.39, 0.29) is 0 Å². The second-order valence-electron chi connectivity index (χ2n) is 2.53. The van der Waals surface area contributed by atoms with E-state index in [1.807, 2.05) is 0 Å². The number of hydrogen-bond acceptors (Lipinski definition) is 5. The molecule has 3 heterocycles. The Morgan fingerprint density at radius 2 is 2.36 bits per heavy atom. The molecule has 0 bridgehead atoms. The van der Waals surface area contributed by atoms with Gasteiger partial charge in [0.25, 0.3) is 5.71 Å². The first-order chi connectivity index (χ1) is 5.45. The standard InChI is InChI=1S/C6H5N3OS/c1-3-4(2-7-1)10-6-5(3)8-11-9-6/h7H,1-2H2. The number of furan rings is 1. The molecule has 0 radical (unpaired) electrons. The van der Waals surface area contributed by atoms with E-state index in [0.29, 0.717) is 5.71 Å². The quantitative estimate of drug-likeness (QED) is 0.633. The number of hydrogen-bond donors (Lipinski definition) is 1. The van der Waals surface area contributed by atoms with Crippen LogP contribution in [0.4, 0.5) is 0 Å². The Bertz CT molecular complexity index is 405. The Kier molecular flexibility index (Phi) is 0.931. The lowest BCUT2D eigenvalue weighted by molar-refractivity contribution is 0.537. The molecular formula is C6H5N3OS. The minimum atomic E-state index is 0.696. The van der Waals surface area contributed by atoms with Gasteiger partial charge in [-0.05, 0) is 0 Å². The molecule has 0 amide bonds. The van der Waals surface area contributed by atoms with E-state index in [9.17, 15) is 0 Å². The van der Waals surface area contributed by atoms with Crippen LogP contribution in [0.3, 0.4) is 0 Å². The van der Waals surface area contributed by atoms with E-state index < -0.39 is 0 Å². The van der Waals surface area contributed by atoms with Gasteiger partial charge in [0.2, 0.25) is 0 Å². The van der Waals surface area contributed by atoms with Crippen molar-refractivity contribution in [2.45, 2.75) is 13.1 Å². The third-order valence-electron chi connectivity index (χ3n) is 1.89. The zero-order valence-corrected chi connectivity index (χ0v) is 6.44. The lowest BCUT2D eigenvalue weighted by atomic mass is 10.3. The molecule has 56 valence electrons. The van der Waals surface area contributed by atoms with E-state index in [4.69, 9.17) is 4.42 Å². The molecule has 0 atom stereocenters. The summed E-state index contributed by atoms with van der Waals surface area (Å²) in [6, 6.07) is 0. The maximum absolute atomic E-state index is 5.42. The van der Waals surface area contributed by atoms with Crippen molar-refractivity contribution >= 4 is 23.0 Å². The van der Waals surface area contributed by atoms with Gasteiger partial charge in [0.05, 0.1) is 18.3 Å². The van der Waals surface area contributed by atoms with Crippen LogP contribution in [0.15, 0.2) is 4.42 Å². The third-order valence-corrected chi connectivity index (χ3v) is 2.40. The number of rotatable bonds is 0. The van der Waals surface area contributed by atoms with Crippen molar-refractivity contribution in [3.63, 3.8) is 0 Å². The van der Waals surface area contributed by atoms with Crippen molar-refractivity contribution in [3.05, 3.63) is 11.3 Å². The molecular weight excluding hydrogens is 162 g/mol. The summed E-state index contributed by atoms with van der Waals surface area (Å²) in [5, 5.41) is 3.19. The molecule has 0 spiro atoms. The van der Waals surface area contributed by atoms with Gasteiger partial charge in [-0.2, -0.15) is 4.37 Å². The van der Waals surface area contributed by atoms with Crippen LogP contribution in [-0.4, -0.2) is 8.75 Å². The van der Waals surface area contributed by atoms with Crippen LogP contribution in [0.25, 0.3) is 11.2 Å². The van der Waals surface area contributed by atoms with Crippen molar-refractivity contribution in [1.82, 2.24) is 14.1 Å². The average molecular weight is 167 g/mol. The van der Waals surface area contributed by atoms with Crippen LogP contribution in [0, 0.1) is 0 Å². The highest BCUT2D eigenvalue weighted by Crippen LogP contribution is 2.26. The highest BCUT2D eigenvalue weighted by atomic mass is 32.1. The lowest BCUT2D eigenvalue weighted by Gasteiger charge is -1.83. The van der Waals surface area contributed by atoms with E-state index in [0.717, 1.165) is 24.4 Å². The van der Waals surface area contributed by atoms with Gasteiger partial charge >= 0.3 is 0 Å². The average Bonchev–Trinajstić information content (AvgIpc) is 2.52. The molecule has 0 aromatic carbocycles. The molecule has 0 fully saturated rings. The minimum absolute atomic E-state index is 0.696. The normalized spacial score (nSPS) is 16.0. The summed E-state index contributed by atoms with van der Waals surface area (Å²) < 4.78 is 13.6. The summed E-state index contributed by atoms with van der Waals surface area (Å²) in [5.41, 5.74) is 2.82. The van der Waals surface area contributed by atoms with Gasteiger partial charge in [0.1, 0.15) is 11.3 Å². The summed E-state index contributed by atoms with van der Waals surface area (Å²) >= 11 is 1.20. The van der Waals surface area contributed by atoms with Crippen LogP contribution < -0.4 is 5.32 Å². The smallest absolute Gasteiger partial charge is 0.259 e. The first-order valence-corrected chi connectivity index (χ1v) is 4.12. The fourth-order valence-corrected chi connectivity index (χ4v) is 1.88. The third kappa shape index (κ3) is 0.617. The first-order valence-electron chi connectivity index (χ1n) is 3.38. The van der Waals surface area contributed by atoms with Gasteiger partial charge in [-0.3, -0.25) is 0 Å². The highest BCUT2D eigenvalue weighted by Gasteiger charge is 2.21. The first kappa shape index (κ1) is 5.68. The molecule has 0 unspecified atom stereocenters. The summed E-state index contributed by atoms with van der Waals surface area (Å²) in [5.74, 6) is 1.00. The molecule has 1 aliphatic rings. The van der Waals surface area contributed by atoms with E-state index in [1.165, 1.54) is 17.3 Å². The summed E-state index contributed by atoms with van der Waals surface area (Å²) in [7, 11) is 0. The highest BCUT2D eigenvalue weighted by molar-refractivity contribution is 7.00. The SMILES string of the molecule is C1NCc2c1oc1nsnc21. The van der Waals surface area contributed by atoms with Crippen molar-refractivity contribution < 1.29 is 4.42 Å². The minimum Gasteiger partial charge on any atom is -0.439 e. The van der Waals surface area contributed by atoms with Crippen LogP contribution in [-0.2, 0) is 13.1 Å². The predicted molar refractivity (Wildman–Crippen MR) is 40.2 cm³/mol. The number of aromatic nitrogens is 2. The molecule has 2 aromatic rings. The van der Waals surface area contributed by atoms with Crippen molar-refractivity contribution in [2.75, 3.05) is 0 Å². The lowest BCUT2D eigenvalue weighted by Crippen LogP contribution is -2.00. The van der Waals surface area contributed by atoms with Crippen LogP contribution in [0.1, 0.15) is 11.3 Å².